The number of nitrogens with two attached hydrogens (primary N) is 1. The number of carbonyl (C=O) groups is 1. The molecule has 4 aromatic carbocycles. The minimum absolute atomic E-state index is 0.119. The third-order valence-electron chi connectivity index (χ3n) is 6.29. The molecule has 1 aliphatic heterocycles. The van der Waals surface area contributed by atoms with E-state index in [4.69, 9.17) is 5.73 Å². The number of nitriles is 1. The number of benzene rings is 4. The first-order valence-corrected chi connectivity index (χ1v) is 13.0. The van der Waals surface area contributed by atoms with Crippen molar-refractivity contribution >= 4 is 23.2 Å². The fraction of sp³-hybridized carbons (Fsp3) is 0.0625. The van der Waals surface area contributed by atoms with Crippen molar-refractivity contribution in [1.29, 1.82) is 5.26 Å². The average Bonchev–Trinajstić information content (AvgIpc) is 2.97. The number of rotatable bonds is 7. The maximum Gasteiger partial charge on any atom is 0.192 e. The van der Waals surface area contributed by atoms with Gasteiger partial charge in [-0.05, 0) is 23.3 Å². The molecule has 4 nitrogen and oxygen atoms in total. The van der Waals surface area contributed by atoms with E-state index in [2.05, 4.69) is 18.2 Å². The number of hydrogen-bond donors (Lipinski definition) is 1. The van der Waals surface area contributed by atoms with Crippen molar-refractivity contribution in [2.24, 2.45) is 5.73 Å². The number of hydrogen-bond acceptors (Lipinski definition) is 5. The zero-order valence-corrected chi connectivity index (χ0v) is 20.9. The van der Waals surface area contributed by atoms with Crippen molar-refractivity contribution in [1.82, 2.24) is 0 Å². The zero-order chi connectivity index (χ0) is 25.6. The highest BCUT2D eigenvalue weighted by molar-refractivity contribution is 8.02. The fourth-order valence-corrected chi connectivity index (χ4v) is 5.74. The van der Waals surface area contributed by atoms with Crippen LogP contribution < -0.4 is 10.6 Å². The van der Waals surface area contributed by atoms with Gasteiger partial charge in [0.2, 0.25) is 0 Å². The van der Waals surface area contributed by atoms with Gasteiger partial charge in [0.1, 0.15) is 5.82 Å². The number of anilines is 1. The minimum atomic E-state index is -0.586. The van der Waals surface area contributed by atoms with Crippen LogP contribution in [0, 0.1) is 11.3 Å². The summed E-state index contributed by atoms with van der Waals surface area (Å²) < 4.78 is 0. The molecule has 1 heterocycles. The molecule has 0 aliphatic carbocycles. The van der Waals surface area contributed by atoms with E-state index in [1.807, 2.05) is 114 Å². The van der Waals surface area contributed by atoms with Crippen molar-refractivity contribution in [3.63, 3.8) is 0 Å². The maximum atomic E-state index is 14.3. The van der Waals surface area contributed by atoms with Gasteiger partial charge in [-0.25, -0.2) is 0 Å². The fourth-order valence-electron chi connectivity index (χ4n) is 4.54. The first-order chi connectivity index (χ1) is 18.2. The Bertz CT molecular complexity index is 1490. The molecule has 0 amide bonds. The number of para-hydroxylation sites is 1. The number of nitrogens with zero attached hydrogens (tertiary/aromatic N) is 2. The summed E-state index contributed by atoms with van der Waals surface area (Å²) in [5.74, 6) is 0.271. The number of Topliss-reactive ketones (excluding diaryl/α,β-unsaturated/α-hetero) is 1. The molecule has 37 heavy (non-hydrogen) atoms. The van der Waals surface area contributed by atoms with Gasteiger partial charge in [0.05, 0.1) is 22.6 Å². The monoisotopic (exact) mass is 499 g/mol. The van der Waals surface area contributed by atoms with Crippen LogP contribution in [0.3, 0.4) is 0 Å². The Balaban J connectivity index is 1.77. The van der Waals surface area contributed by atoms with Crippen molar-refractivity contribution in [3.05, 3.63) is 160 Å². The molecular formula is C32H25N3OS. The molecule has 1 unspecified atom stereocenters. The van der Waals surface area contributed by atoms with E-state index < -0.39 is 5.92 Å². The van der Waals surface area contributed by atoms with Gasteiger partial charge < -0.3 is 5.73 Å². The Morgan fingerprint density at radius 1 is 0.811 bits per heavy atom. The number of thioether (sulfide) groups is 1. The van der Waals surface area contributed by atoms with Crippen LogP contribution in [0.1, 0.15) is 27.4 Å². The Kier molecular flexibility index (Phi) is 7.21. The van der Waals surface area contributed by atoms with Gasteiger partial charge in [0, 0.05) is 22.6 Å². The van der Waals surface area contributed by atoms with Crippen LogP contribution in [0.5, 0.6) is 0 Å². The van der Waals surface area contributed by atoms with Gasteiger partial charge in [-0.1, -0.05) is 109 Å². The van der Waals surface area contributed by atoms with E-state index in [0.717, 1.165) is 21.8 Å². The molecule has 5 rings (SSSR count). The molecule has 0 saturated heterocycles. The smallest absolute Gasteiger partial charge is 0.192 e. The van der Waals surface area contributed by atoms with Crippen molar-refractivity contribution < 1.29 is 4.79 Å². The predicted octanol–water partition coefficient (Wildman–Crippen LogP) is 7.01. The average molecular weight is 500 g/mol. The number of allylic oxidation sites excluding steroid dienone is 2. The van der Waals surface area contributed by atoms with E-state index in [1.165, 1.54) is 0 Å². The largest absolute Gasteiger partial charge is 0.384 e. The van der Waals surface area contributed by atoms with Gasteiger partial charge in [-0.3, -0.25) is 9.69 Å². The summed E-state index contributed by atoms with van der Waals surface area (Å²) in [6.07, 6.45) is 0. The van der Waals surface area contributed by atoms with E-state index in [9.17, 15) is 10.1 Å². The molecule has 4 aromatic rings. The Hall–Kier alpha value is -4.53. The lowest BCUT2D eigenvalue weighted by molar-refractivity contribution is 0.102. The van der Waals surface area contributed by atoms with Gasteiger partial charge in [0.15, 0.2) is 5.78 Å². The van der Waals surface area contributed by atoms with Crippen molar-refractivity contribution in [3.8, 4) is 6.07 Å². The van der Waals surface area contributed by atoms with Gasteiger partial charge in [-0.15, -0.1) is 11.8 Å². The summed E-state index contributed by atoms with van der Waals surface area (Å²) in [7, 11) is 0. The van der Waals surface area contributed by atoms with Crippen LogP contribution in [-0.4, -0.2) is 5.78 Å². The normalized spacial score (nSPS) is 15.4. The van der Waals surface area contributed by atoms with E-state index in [1.54, 1.807) is 11.8 Å². The Morgan fingerprint density at radius 3 is 1.95 bits per heavy atom. The molecule has 0 fully saturated rings. The summed E-state index contributed by atoms with van der Waals surface area (Å²) in [5.41, 5.74) is 11.0. The second kappa shape index (κ2) is 11.0. The summed E-state index contributed by atoms with van der Waals surface area (Å²) >= 11 is 1.56. The van der Waals surface area contributed by atoms with Gasteiger partial charge >= 0.3 is 0 Å². The third-order valence-corrected chi connectivity index (χ3v) is 7.45. The zero-order valence-electron chi connectivity index (χ0n) is 20.1. The minimum Gasteiger partial charge on any atom is -0.384 e. The van der Waals surface area contributed by atoms with Crippen LogP contribution in [0.2, 0.25) is 0 Å². The van der Waals surface area contributed by atoms with Crippen LogP contribution >= 0.6 is 11.8 Å². The first-order valence-electron chi connectivity index (χ1n) is 12.0. The highest BCUT2D eigenvalue weighted by atomic mass is 32.2. The predicted molar refractivity (Wildman–Crippen MR) is 150 cm³/mol. The van der Waals surface area contributed by atoms with Gasteiger partial charge in [-0.2, -0.15) is 5.26 Å². The second-order valence-corrected chi connectivity index (χ2v) is 9.58. The quantitative estimate of drug-likeness (QED) is 0.277. The van der Waals surface area contributed by atoms with Crippen LogP contribution in [-0.2, 0) is 5.75 Å². The molecule has 0 spiro atoms. The lowest BCUT2D eigenvalue weighted by Crippen LogP contribution is -2.36. The van der Waals surface area contributed by atoms with Gasteiger partial charge in [0.25, 0.3) is 0 Å². The molecule has 0 aromatic heterocycles. The van der Waals surface area contributed by atoms with E-state index in [-0.39, 0.29) is 5.78 Å². The number of carbonyl (C=O) groups excluding carboxylic acids is 1. The Labute approximate surface area is 221 Å². The molecule has 0 radical (unpaired) electrons. The maximum absolute atomic E-state index is 14.3. The summed E-state index contributed by atoms with van der Waals surface area (Å²) in [6, 6.07) is 41.1. The molecule has 2 N–H and O–H groups in total. The topological polar surface area (TPSA) is 70.1 Å². The van der Waals surface area contributed by atoms with Crippen LogP contribution in [0.4, 0.5) is 5.69 Å². The Morgan fingerprint density at radius 2 is 1.35 bits per heavy atom. The highest BCUT2D eigenvalue weighted by Crippen LogP contribution is 2.47. The highest BCUT2D eigenvalue weighted by Gasteiger charge is 2.39. The lowest BCUT2D eigenvalue weighted by atomic mass is 9.80. The first kappa shape index (κ1) is 24.2. The third kappa shape index (κ3) is 4.93. The molecular weight excluding hydrogens is 474 g/mol. The molecule has 0 bridgehead atoms. The molecule has 1 atom stereocenters. The van der Waals surface area contributed by atoms with Crippen molar-refractivity contribution in [2.45, 2.75) is 11.7 Å². The summed E-state index contributed by atoms with van der Waals surface area (Å²) in [5, 5.41) is 11.1. The standard InChI is InChI=1S/C32H25N3OS/c33-21-27-28(24-15-7-2-8-16-24)29(30(36)25-17-9-3-10-18-25)32(37-22-23-13-5-1-6-14-23)35(31(27)34)26-19-11-4-12-20-26/h1-20,28H,22,34H2. The molecule has 0 saturated carbocycles. The molecule has 5 heteroatoms. The second-order valence-electron chi connectivity index (χ2n) is 8.61. The molecule has 1 aliphatic rings. The summed E-state index contributed by atoms with van der Waals surface area (Å²) in [4.78, 5) is 16.1. The van der Waals surface area contributed by atoms with E-state index in [0.29, 0.717) is 28.3 Å². The van der Waals surface area contributed by atoms with Crippen LogP contribution in [0.25, 0.3) is 0 Å². The summed E-state index contributed by atoms with van der Waals surface area (Å²) in [6.45, 7) is 0. The SMILES string of the molecule is N#CC1=C(N)N(c2ccccc2)C(SCc2ccccc2)=C(C(=O)c2ccccc2)C1c1ccccc1. The van der Waals surface area contributed by atoms with E-state index >= 15 is 0 Å². The lowest BCUT2D eigenvalue weighted by Gasteiger charge is -2.37. The van der Waals surface area contributed by atoms with Crippen LogP contribution in [0.15, 0.2) is 143 Å². The number of ketones is 1. The molecule has 180 valence electrons. The van der Waals surface area contributed by atoms with Crippen molar-refractivity contribution in [2.75, 3.05) is 4.90 Å².